The average Bonchev–Trinajstić information content (AvgIpc) is 3.26. The molecule has 0 aromatic carbocycles. The number of hydrogen-bond donors (Lipinski definition) is 1. The summed E-state index contributed by atoms with van der Waals surface area (Å²) in [6, 6.07) is 3.96. The molecular formula is C18H23N3O2S2. The molecule has 3 heterocycles. The van der Waals surface area contributed by atoms with Crippen LogP contribution in [0.3, 0.4) is 0 Å². The number of hydrogen-bond acceptors (Lipinski definition) is 5. The molecule has 3 rings (SSSR count). The van der Waals surface area contributed by atoms with Crippen molar-refractivity contribution in [1.82, 2.24) is 15.2 Å². The zero-order valence-corrected chi connectivity index (χ0v) is 16.0. The number of aryl methyl sites for hydroxylation is 1. The van der Waals surface area contributed by atoms with Crippen molar-refractivity contribution in [3.8, 4) is 0 Å². The van der Waals surface area contributed by atoms with Gasteiger partial charge < -0.3 is 10.2 Å². The summed E-state index contributed by atoms with van der Waals surface area (Å²) >= 11 is 3.25. The van der Waals surface area contributed by atoms with Crippen LogP contribution in [-0.4, -0.2) is 41.3 Å². The van der Waals surface area contributed by atoms with E-state index in [-0.39, 0.29) is 17.7 Å². The third kappa shape index (κ3) is 5.12. The predicted octanol–water partition coefficient (Wildman–Crippen LogP) is 2.65. The Bertz CT molecular complexity index is 704. The minimum atomic E-state index is 0.0166. The molecule has 1 N–H and O–H groups in total. The minimum absolute atomic E-state index is 0.0166. The lowest BCUT2D eigenvalue weighted by atomic mass is 9.95. The number of piperidine rings is 1. The molecule has 1 fully saturated rings. The highest BCUT2D eigenvalue weighted by Crippen LogP contribution is 2.19. The lowest BCUT2D eigenvalue weighted by Gasteiger charge is -2.31. The predicted molar refractivity (Wildman–Crippen MR) is 101 cm³/mol. The fourth-order valence-corrected chi connectivity index (χ4v) is 4.39. The number of carbonyl (C=O) groups excluding carboxylic acids is 2. The van der Waals surface area contributed by atoms with E-state index in [0.717, 1.165) is 34.8 Å². The van der Waals surface area contributed by atoms with Crippen molar-refractivity contribution in [2.24, 2.45) is 5.92 Å². The molecule has 25 heavy (non-hydrogen) atoms. The van der Waals surface area contributed by atoms with Crippen LogP contribution in [0.1, 0.15) is 28.4 Å². The quantitative estimate of drug-likeness (QED) is 0.842. The lowest BCUT2D eigenvalue weighted by molar-refractivity contribution is -0.135. The minimum Gasteiger partial charge on any atom is -0.355 e. The van der Waals surface area contributed by atoms with Gasteiger partial charge in [-0.3, -0.25) is 9.59 Å². The van der Waals surface area contributed by atoms with E-state index in [9.17, 15) is 9.59 Å². The van der Waals surface area contributed by atoms with E-state index in [4.69, 9.17) is 0 Å². The highest BCUT2D eigenvalue weighted by molar-refractivity contribution is 7.10. The van der Waals surface area contributed by atoms with E-state index in [2.05, 4.69) is 10.3 Å². The number of thiazole rings is 1. The zero-order chi connectivity index (χ0) is 17.6. The van der Waals surface area contributed by atoms with Crippen LogP contribution in [0.2, 0.25) is 0 Å². The topological polar surface area (TPSA) is 62.3 Å². The molecule has 0 aliphatic carbocycles. The monoisotopic (exact) mass is 377 g/mol. The number of carbonyl (C=O) groups is 2. The van der Waals surface area contributed by atoms with Crippen LogP contribution in [0.5, 0.6) is 0 Å². The number of thiophene rings is 1. The summed E-state index contributed by atoms with van der Waals surface area (Å²) in [5, 5.41) is 8.10. The van der Waals surface area contributed by atoms with Gasteiger partial charge in [0.25, 0.3) is 0 Å². The van der Waals surface area contributed by atoms with E-state index in [1.165, 1.54) is 0 Å². The molecule has 0 spiro atoms. The van der Waals surface area contributed by atoms with Crippen LogP contribution in [0.25, 0.3) is 0 Å². The van der Waals surface area contributed by atoms with Crippen molar-refractivity contribution in [2.45, 2.75) is 32.6 Å². The van der Waals surface area contributed by atoms with E-state index < -0.39 is 0 Å². The fraction of sp³-hybridized carbons (Fsp3) is 0.500. The van der Waals surface area contributed by atoms with Gasteiger partial charge in [-0.2, -0.15) is 0 Å². The Morgan fingerprint density at radius 1 is 1.32 bits per heavy atom. The van der Waals surface area contributed by atoms with Crippen molar-refractivity contribution in [3.05, 3.63) is 38.5 Å². The largest absolute Gasteiger partial charge is 0.355 e. The van der Waals surface area contributed by atoms with Gasteiger partial charge in [0.2, 0.25) is 11.8 Å². The summed E-state index contributed by atoms with van der Waals surface area (Å²) in [6.45, 7) is 3.96. The van der Waals surface area contributed by atoms with Gasteiger partial charge >= 0.3 is 0 Å². The maximum absolute atomic E-state index is 12.3. The second-order valence-corrected chi connectivity index (χ2v) is 8.40. The van der Waals surface area contributed by atoms with E-state index >= 15 is 0 Å². The van der Waals surface area contributed by atoms with Gasteiger partial charge in [0.05, 0.1) is 17.1 Å². The number of rotatable bonds is 6. The van der Waals surface area contributed by atoms with Gasteiger partial charge in [-0.25, -0.2) is 4.98 Å². The number of aromatic nitrogens is 1. The van der Waals surface area contributed by atoms with E-state index in [1.54, 1.807) is 22.7 Å². The maximum atomic E-state index is 12.3. The van der Waals surface area contributed by atoms with Crippen molar-refractivity contribution in [2.75, 3.05) is 19.6 Å². The Morgan fingerprint density at radius 2 is 2.12 bits per heavy atom. The summed E-state index contributed by atoms with van der Waals surface area (Å²) in [4.78, 5) is 32.0. The molecule has 5 nitrogen and oxygen atoms in total. The lowest BCUT2D eigenvalue weighted by Crippen LogP contribution is -2.43. The van der Waals surface area contributed by atoms with E-state index in [0.29, 0.717) is 26.1 Å². The van der Waals surface area contributed by atoms with Gasteiger partial charge in [0.1, 0.15) is 0 Å². The first kappa shape index (κ1) is 18.1. The summed E-state index contributed by atoms with van der Waals surface area (Å²) in [6.07, 6.45) is 2.74. The first-order valence-electron chi connectivity index (χ1n) is 8.60. The molecule has 0 bridgehead atoms. The molecule has 2 amide bonds. The first-order chi connectivity index (χ1) is 12.1. The number of amides is 2. The normalized spacial score (nSPS) is 15.3. The molecule has 2 aromatic heterocycles. The Balaban J connectivity index is 1.37. The Kier molecular flexibility index (Phi) is 6.20. The van der Waals surface area contributed by atoms with Crippen LogP contribution in [0.15, 0.2) is 22.9 Å². The summed E-state index contributed by atoms with van der Waals surface area (Å²) in [5.41, 5.74) is 1.04. The molecule has 1 saturated heterocycles. The summed E-state index contributed by atoms with van der Waals surface area (Å²) in [5.74, 6) is 0.292. The summed E-state index contributed by atoms with van der Waals surface area (Å²) in [7, 11) is 0. The molecule has 134 valence electrons. The molecule has 1 aliphatic rings. The van der Waals surface area contributed by atoms with Crippen LogP contribution >= 0.6 is 22.7 Å². The van der Waals surface area contributed by atoms with Crippen LogP contribution in [-0.2, 0) is 22.4 Å². The fourth-order valence-electron chi connectivity index (χ4n) is 3.05. The molecule has 0 radical (unpaired) electrons. The Hall–Kier alpha value is -1.73. The average molecular weight is 378 g/mol. The summed E-state index contributed by atoms with van der Waals surface area (Å²) < 4.78 is 0. The van der Waals surface area contributed by atoms with Crippen LogP contribution in [0.4, 0.5) is 0 Å². The van der Waals surface area contributed by atoms with Gasteiger partial charge in [-0.05, 0) is 31.2 Å². The van der Waals surface area contributed by atoms with Gasteiger partial charge in [-0.15, -0.1) is 22.7 Å². The molecule has 1 aliphatic heterocycles. The highest BCUT2D eigenvalue weighted by Gasteiger charge is 2.27. The van der Waals surface area contributed by atoms with Gasteiger partial charge in [0.15, 0.2) is 0 Å². The SMILES string of the molecule is Cc1nc(CCNC(=O)C2CCN(C(=O)Cc3cccs3)CC2)cs1. The molecule has 0 atom stereocenters. The van der Waals surface area contributed by atoms with Crippen molar-refractivity contribution < 1.29 is 9.59 Å². The van der Waals surface area contributed by atoms with Crippen LogP contribution < -0.4 is 5.32 Å². The second kappa shape index (κ2) is 8.58. The highest BCUT2D eigenvalue weighted by atomic mass is 32.1. The van der Waals surface area contributed by atoms with Crippen molar-refractivity contribution in [1.29, 1.82) is 0 Å². The van der Waals surface area contributed by atoms with Crippen molar-refractivity contribution >= 4 is 34.5 Å². The number of nitrogens with one attached hydrogen (secondary N) is 1. The first-order valence-corrected chi connectivity index (χ1v) is 10.4. The maximum Gasteiger partial charge on any atom is 0.227 e. The van der Waals surface area contributed by atoms with Crippen molar-refractivity contribution in [3.63, 3.8) is 0 Å². The number of likely N-dealkylation sites (tertiary alicyclic amines) is 1. The molecule has 0 unspecified atom stereocenters. The van der Waals surface area contributed by atoms with E-state index in [1.807, 2.05) is 34.7 Å². The molecule has 0 saturated carbocycles. The Labute approximate surface area is 156 Å². The molecule has 2 aromatic rings. The smallest absolute Gasteiger partial charge is 0.227 e. The van der Waals surface area contributed by atoms with Crippen LogP contribution in [0, 0.1) is 12.8 Å². The third-order valence-corrected chi connectivity index (χ3v) is 6.17. The molecular weight excluding hydrogens is 354 g/mol. The Morgan fingerprint density at radius 3 is 2.76 bits per heavy atom. The number of nitrogens with zero attached hydrogens (tertiary/aromatic N) is 2. The molecule has 7 heteroatoms. The standard InChI is InChI=1S/C18H23N3O2S2/c1-13-20-15(12-25-13)4-7-19-18(23)14-5-8-21(9-6-14)17(22)11-16-3-2-10-24-16/h2-3,10,12,14H,4-9,11H2,1H3,(H,19,23). The second-order valence-electron chi connectivity index (χ2n) is 6.31. The third-order valence-electron chi connectivity index (χ3n) is 4.47. The van der Waals surface area contributed by atoms with Gasteiger partial charge in [-0.1, -0.05) is 6.07 Å². The van der Waals surface area contributed by atoms with Gasteiger partial charge in [0, 0.05) is 42.2 Å². The zero-order valence-electron chi connectivity index (χ0n) is 14.4.